The van der Waals surface area contributed by atoms with Crippen molar-refractivity contribution >= 4 is 24.2 Å². The fourth-order valence-corrected chi connectivity index (χ4v) is 2.47. The number of unbranched alkanes of at least 4 members (excludes halogenated alkanes) is 1. The van der Waals surface area contributed by atoms with Crippen molar-refractivity contribution in [1.29, 1.82) is 0 Å². The highest BCUT2D eigenvalue weighted by atomic mass is 35.5. The highest BCUT2D eigenvalue weighted by molar-refractivity contribution is 5.85. The summed E-state index contributed by atoms with van der Waals surface area (Å²) in [5.74, 6) is 0.0988. The smallest absolute Gasteiger partial charge is 0.224 e. The summed E-state index contributed by atoms with van der Waals surface area (Å²) < 4.78 is 0. The lowest BCUT2D eigenvalue weighted by atomic mass is 9.92. The molecule has 0 saturated carbocycles. The summed E-state index contributed by atoms with van der Waals surface area (Å²) in [5.41, 5.74) is 5.43. The Morgan fingerprint density at radius 1 is 1.35 bits per heavy atom. The van der Waals surface area contributed by atoms with Gasteiger partial charge in [0.15, 0.2) is 0 Å². The Morgan fingerprint density at radius 3 is 2.65 bits per heavy atom. The third kappa shape index (κ3) is 5.67. The molecule has 1 rings (SSSR count). The summed E-state index contributed by atoms with van der Waals surface area (Å²) in [5, 5.41) is 2.96. The third-order valence-electron chi connectivity index (χ3n) is 3.76. The molecule has 0 radical (unpaired) electrons. The van der Waals surface area contributed by atoms with Crippen LogP contribution in [-0.4, -0.2) is 42.4 Å². The van der Waals surface area contributed by atoms with E-state index in [0.29, 0.717) is 19.5 Å². The van der Waals surface area contributed by atoms with E-state index in [1.165, 1.54) is 0 Å². The molecule has 0 aromatic heterocycles. The van der Waals surface area contributed by atoms with E-state index in [9.17, 15) is 9.59 Å². The van der Waals surface area contributed by atoms with Gasteiger partial charge in [-0.2, -0.15) is 0 Å². The first-order valence-corrected chi connectivity index (χ1v) is 7.37. The van der Waals surface area contributed by atoms with Crippen LogP contribution in [0.3, 0.4) is 0 Å². The maximum Gasteiger partial charge on any atom is 0.224 e. The van der Waals surface area contributed by atoms with E-state index in [1.807, 2.05) is 11.8 Å². The number of carbonyl (C=O) groups is 2. The average Bonchev–Trinajstić information content (AvgIpc) is 2.39. The Balaban J connectivity index is 0.00000361. The molecule has 1 aliphatic rings. The zero-order chi connectivity index (χ0) is 14.3. The number of nitrogens with two attached hydrogens (primary N) is 1. The predicted molar refractivity (Wildman–Crippen MR) is 82.7 cm³/mol. The first kappa shape index (κ1) is 19.2. The van der Waals surface area contributed by atoms with Gasteiger partial charge in [-0.1, -0.05) is 13.3 Å². The first-order valence-electron chi connectivity index (χ1n) is 7.37. The van der Waals surface area contributed by atoms with Crippen LogP contribution in [0.1, 0.15) is 46.0 Å². The molecule has 3 N–H and O–H groups in total. The summed E-state index contributed by atoms with van der Waals surface area (Å²) in [4.78, 5) is 25.8. The number of halogens is 1. The van der Waals surface area contributed by atoms with E-state index in [1.54, 1.807) is 0 Å². The summed E-state index contributed by atoms with van der Waals surface area (Å²) >= 11 is 0. The van der Waals surface area contributed by atoms with Gasteiger partial charge in [0.2, 0.25) is 11.8 Å². The van der Waals surface area contributed by atoms with Crippen molar-refractivity contribution in [2.24, 2.45) is 11.7 Å². The van der Waals surface area contributed by atoms with E-state index in [2.05, 4.69) is 12.2 Å². The van der Waals surface area contributed by atoms with Crippen LogP contribution in [0.2, 0.25) is 0 Å². The van der Waals surface area contributed by atoms with Crippen LogP contribution in [0.4, 0.5) is 0 Å². The molecule has 2 amide bonds. The van der Waals surface area contributed by atoms with Crippen molar-refractivity contribution in [2.45, 2.75) is 52.0 Å². The maximum absolute atomic E-state index is 12.0. The fraction of sp³-hybridized carbons (Fsp3) is 0.857. The molecule has 0 spiro atoms. The van der Waals surface area contributed by atoms with E-state index in [4.69, 9.17) is 5.73 Å². The second-order valence-corrected chi connectivity index (χ2v) is 5.35. The number of hydrogen-bond donors (Lipinski definition) is 2. The van der Waals surface area contributed by atoms with Crippen molar-refractivity contribution in [3.05, 3.63) is 0 Å². The number of piperidine rings is 1. The van der Waals surface area contributed by atoms with Gasteiger partial charge in [0.25, 0.3) is 0 Å². The van der Waals surface area contributed by atoms with E-state index < -0.39 is 0 Å². The Bertz CT molecular complexity index is 313. The lowest BCUT2D eigenvalue weighted by molar-refractivity contribution is -0.138. The van der Waals surface area contributed by atoms with Crippen molar-refractivity contribution in [1.82, 2.24) is 10.2 Å². The number of likely N-dealkylation sites (tertiary alicyclic amines) is 1. The molecular formula is C14H28ClN3O2. The number of carbonyl (C=O) groups excluding carboxylic acids is 2. The normalized spacial score (nSPS) is 22.1. The molecule has 6 heteroatoms. The molecule has 2 atom stereocenters. The van der Waals surface area contributed by atoms with Gasteiger partial charge in [0.05, 0.1) is 5.92 Å². The maximum atomic E-state index is 12.0. The Labute approximate surface area is 128 Å². The van der Waals surface area contributed by atoms with Crippen molar-refractivity contribution < 1.29 is 9.59 Å². The monoisotopic (exact) mass is 305 g/mol. The van der Waals surface area contributed by atoms with E-state index >= 15 is 0 Å². The number of hydrogen-bond acceptors (Lipinski definition) is 3. The molecule has 0 aromatic rings. The largest absolute Gasteiger partial charge is 0.356 e. The minimum absolute atomic E-state index is 0. The van der Waals surface area contributed by atoms with E-state index in [0.717, 1.165) is 32.2 Å². The Morgan fingerprint density at radius 2 is 2.05 bits per heavy atom. The van der Waals surface area contributed by atoms with Gasteiger partial charge in [-0.3, -0.25) is 9.59 Å². The van der Waals surface area contributed by atoms with Crippen LogP contribution < -0.4 is 11.1 Å². The summed E-state index contributed by atoms with van der Waals surface area (Å²) in [7, 11) is 0. The lowest BCUT2D eigenvalue weighted by Gasteiger charge is -2.37. The van der Waals surface area contributed by atoms with Gasteiger partial charge < -0.3 is 16.0 Å². The topological polar surface area (TPSA) is 75.4 Å². The number of amides is 2. The minimum atomic E-state index is -0.0604. The molecule has 5 nitrogen and oxygen atoms in total. The quantitative estimate of drug-likeness (QED) is 0.726. The van der Waals surface area contributed by atoms with E-state index in [-0.39, 0.29) is 36.2 Å². The van der Waals surface area contributed by atoms with Gasteiger partial charge in [-0.25, -0.2) is 0 Å². The molecule has 118 valence electrons. The molecule has 0 aromatic carbocycles. The van der Waals surface area contributed by atoms with Crippen LogP contribution >= 0.6 is 12.4 Å². The van der Waals surface area contributed by atoms with Crippen LogP contribution in [0, 0.1) is 5.92 Å². The summed E-state index contributed by atoms with van der Waals surface area (Å²) in [6, 6.07) is 0.221. The van der Waals surface area contributed by atoms with Crippen LogP contribution in [0.15, 0.2) is 0 Å². The minimum Gasteiger partial charge on any atom is -0.356 e. The van der Waals surface area contributed by atoms with Crippen LogP contribution in [0.25, 0.3) is 0 Å². The zero-order valence-corrected chi connectivity index (χ0v) is 13.4. The third-order valence-corrected chi connectivity index (χ3v) is 3.76. The number of nitrogens with zero attached hydrogens (tertiary/aromatic N) is 1. The van der Waals surface area contributed by atoms with Gasteiger partial charge >= 0.3 is 0 Å². The Hall–Kier alpha value is -0.810. The van der Waals surface area contributed by atoms with Crippen molar-refractivity contribution in [3.8, 4) is 0 Å². The van der Waals surface area contributed by atoms with Crippen LogP contribution in [0.5, 0.6) is 0 Å². The van der Waals surface area contributed by atoms with Gasteiger partial charge in [-0.15, -0.1) is 12.4 Å². The SMILES string of the molecule is CCCCNC(=O)C1CCC(C)N(C(=O)CCN)C1.Cl. The summed E-state index contributed by atoms with van der Waals surface area (Å²) in [6.07, 6.45) is 4.20. The van der Waals surface area contributed by atoms with Gasteiger partial charge in [-0.05, 0) is 26.2 Å². The molecule has 20 heavy (non-hydrogen) atoms. The molecule has 2 unspecified atom stereocenters. The standard InChI is InChI=1S/C14H27N3O2.ClH/c1-3-4-9-16-14(19)12-6-5-11(2)17(10-12)13(18)7-8-15;/h11-12H,3-10,15H2,1-2H3,(H,16,19);1H. The summed E-state index contributed by atoms with van der Waals surface area (Å²) in [6.45, 7) is 5.78. The molecule has 0 aliphatic carbocycles. The second kappa shape index (κ2) is 10.00. The molecule has 1 saturated heterocycles. The first-order chi connectivity index (χ1) is 9.10. The number of rotatable bonds is 6. The van der Waals surface area contributed by atoms with Crippen molar-refractivity contribution in [3.63, 3.8) is 0 Å². The van der Waals surface area contributed by atoms with Gasteiger partial charge in [0, 0.05) is 32.1 Å². The highest BCUT2D eigenvalue weighted by Crippen LogP contribution is 2.22. The number of nitrogens with one attached hydrogen (secondary N) is 1. The molecule has 0 bridgehead atoms. The highest BCUT2D eigenvalue weighted by Gasteiger charge is 2.31. The lowest BCUT2D eigenvalue weighted by Crippen LogP contribution is -2.49. The average molecular weight is 306 g/mol. The second-order valence-electron chi connectivity index (χ2n) is 5.35. The molecular weight excluding hydrogens is 278 g/mol. The molecule has 1 fully saturated rings. The molecule has 1 aliphatic heterocycles. The Kier molecular flexibility index (Phi) is 9.59. The van der Waals surface area contributed by atoms with Gasteiger partial charge in [0.1, 0.15) is 0 Å². The van der Waals surface area contributed by atoms with Crippen LogP contribution in [-0.2, 0) is 9.59 Å². The predicted octanol–water partition coefficient (Wildman–Crippen LogP) is 1.30. The zero-order valence-electron chi connectivity index (χ0n) is 12.6. The molecule has 1 heterocycles. The fourth-order valence-electron chi connectivity index (χ4n) is 2.47. The van der Waals surface area contributed by atoms with Crippen molar-refractivity contribution in [2.75, 3.05) is 19.6 Å².